The Morgan fingerprint density at radius 2 is 1.12 bits per heavy atom. The summed E-state index contributed by atoms with van der Waals surface area (Å²) >= 11 is 0. The quantitative estimate of drug-likeness (QED) is 0.575. The second-order valence-corrected chi connectivity index (χ2v) is 4.38. The largest absolute Gasteiger partial charge is 0.276 e. The molecule has 0 aromatic heterocycles. The molecule has 0 atom stereocenters. The van der Waals surface area contributed by atoms with Crippen LogP contribution >= 0.6 is 0 Å². The Bertz CT molecular complexity index is 174. The monoisotopic (exact) mass is 242 g/mol. The first-order valence-electron chi connectivity index (χ1n) is 7.09. The maximum atomic E-state index is 4.24. The van der Waals surface area contributed by atoms with Gasteiger partial charge in [-0.1, -0.05) is 34.6 Å². The number of nitrogens with zero attached hydrogens (tertiary/aromatic N) is 3. The van der Waals surface area contributed by atoms with Crippen LogP contribution in [-0.2, 0) is 0 Å². The number of hydrogen-bond donors (Lipinski definition) is 0. The third kappa shape index (κ3) is 3.21. The summed E-state index contributed by atoms with van der Waals surface area (Å²) in [7, 11) is 2.21. The van der Waals surface area contributed by atoms with Crippen LogP contribution in [0, 0.1) is 6.92 Å². The lowest BCUT2D eigenvalue weighted by Crippen LogP contribution is -2.68. The standard InChI is InChI=1S/C14H32N3/c1-8-14(15(7)9-2,16(10-3)11-4)17(12-5)13-6/h1,8-13H2,2-7H3. The van der Waals surface area contributed by atoms with E-state index in [1.165, 1.54) is 0 Å². The van der Waals surface area contributed by atoms with Gasteiger partial charge in [0.1, 0.15) is 5.79 Å². The van der Waals surface area contributed by atoms with Gasteiger partial charge in [0.15, 0.2) is 0 Å². The van der Waals surface area contributed by atoms with Gasteiger partial charge >= 0.3 is 0 Å². The van der Waals surface area contributed by atoms with Crippen LogP contribution in [0.15, 0.2) is 0 Å². The highest BCUT2D eigenvalue weighted by molar-refractivity contribution is 4.89. The Kier molecular flexibility index (Phi) is 8.01. The Morgan fingerprint density at radius 3 is 1.29 bits per heavy atom. The van der Waals surface area contributed by atoms with Crippen LogP contribution in [0.4, 0.5) is 0 Å². The number of rotatable bonds is 9. The van der Waals surface area contributed by atoms with E-state index >= 15 is 0 Å². The van der Waals surface area contributed by atoms with Crippen LogP contribution in [0.1, 0.15) is 41.0 Å². The molecule has 0 aliphatic rings. The predicted molar refractivity (Wildman–Crippen MR) is 76.9 cm³/mol. The molecule has 0 aliphatic heterocycles. The molecule has 103 valence electrons. The van der Waals surface area contributed by atoms with Crippen molar-refractivity contribution in [3.63, 3.8) is 0 Å². The second-order valence-electron chi connectivity index (χ2n) is 4.38. The molecule has 1 radical (unpaired) electrons. The van der Waals surface area contributed by atoms with Gasteiger partial charge < -0.3 is 0 Å². The van der Waals surface area contributed by atoms with Crippen molar-refractivity contribution in [3.8, 4) is 0 Å². The van der Waals surface area contributed by atoms with Crippen LogP contribution < -0.4 is 0 Å². The van der Waals surface area contributed by atoms with Gasteiger partial charge in [-0.25, -0.2) is 0 Å². The molecule has 0 unspecified atom stereocenters. The van der Waals surface area contributed by atoms with E-state index < -0.39 is 0 Å². The molecule has 3 nitrogen and oxygen atoms in total. The van der Waals surface area contributed by atoms with Gasteiger partial charge in [-0.2, -0.15) is 0 Å². The highest BCUT2D eigenvalue weighted by Gasteiger charge is 2.41. The summed E-state index contributed by atoms with van der Waals surface area (Å²) in [6.07, 6.45) is 0.890. The zero-order valence-electron chi connectivity index (χ0n) is 12.8. The molecule has 3 heteroatoms. The Morgan fingerprint density at radius 1 is 0.765 bits per heavy atom. The van der Waals surface area contributed by atoms with Gasteiger partial charge in [0.25, 0.3) is 0 Å². The van der Waals surface area contributed by atoms with Gasteiger partial charge in [-0.05, 0) is 53.1 Å². The molecule has 0 N–H and O–H groups in total. The summed E-state index contributed by atoms with van der Waals surface area (Å²) in [4.78, 5) is 7.48. The predicted octanol–water partition coefficient (Wildman–Crippen LogP) is 2.50. The Hall–Kier alpha value is -0.120. The Labute approximate surface area is 109 Å². The maximum Gasteiger partial charge on any atom is 0.130 e. The van der Waals surface area contributed by atoms with Gasteiger partial charge in [-0.15, -0.1) is 0 Å². The SMILES string of the molecule is [CH2]CC(N(C)CC)(N(CC)CC)N(CC)CC. The van der Waals surface area contributed by atoms with E-state index in [2.05, 4.69) is 63.3 Å². The molecule has 0 aliphatic carbocycles. The molecular formula is C14H32N3. The summed E-state index contributed by atoms with van der Waals surface area (Å²) in [6.45, 7) is 20.7. The average molecular weight is 242 g/mol. The first-order chi connectivity index (χ1) is 8.08. The van der Waals surface area contributed by atoms with Crippen molar-refractivity contribution in [2.45, 2.75) is 46.8 Å². The van der Waals surface area contributed by atoms with E-state index in [0.29, 0.717) is 0 Å². The highest BCUT2D eigenvalue weighted by atomic mass is 15.6. The molecule has 0 bridgehead atoms. The molecule has 0 fully saturated rings. The smallest absolute Gasteiger partial charge is 0.130 e. The minimum absolute atomic E-state index is 0.0260. The third-order valence-corrected chi connectivity index (χ3v) is 3.96. The topological polar surface area (TPSA) is 9.72 Å². The summed E-state index contributed by atoms with van der Waals surface area (Å²) in [5.41, 5.74) is 0. The summed E-state index contributed by atoms with van der Waals surface area (Å²) < 4.78 is 0. The summed E-state index contributed by atoms with van der Waals surface area (Å²) in [6, 6.07) is 0. The minimum atomic E-state index is -0.0260. The van der Waals surface area contributed by atoms with Gasteiger partial charge in [-0.3, -0.25) is 14.7 Å². The van der Waals surface area contributed by atoms with E-state index in [4.69, 9.17) is 0 Å². The van der Waals surface area contributed by atoms with Crippen molar-refractivity contribution >= 4 is 0 Å². The first kappa shape index (κ1) is 16.9. The van der Waals surface area contributed by atoms with Crippen molar-refractivity contribution in [1.82, 2.24) is 14.7 Å². The lowest BCUT2D eigenvalue weighted by molar-refractivity contribution is -0.152. The molecule has 0 spiro atoms. The lowest BCUT2D eigenvalue weighted by atomic mass is 10.1. The van der Waals surface area contributed by atoms with Crippen molar-refractivity contribution < 1.29 is 0 Å². The van der Waals surface area contributed by atoms with Crippen molar-refractivity contribution in [2.24, 2.45) is 0 Å². The van der Waals surface area contributed by atoms with Gasteiger partial charge in [0.05, 0.1) is 0 Å². The zero-order valence-corrected chi connectivity index (χ0v) is 12.8. The van der Waals surface area contributed by atoms with Crippen molar-refractivity contribution in [2.75, 3.05) is 39.8 Å². The normalized spacial score (nSPS) is 13.1. The summed E-state index contributed by atoms with van der Waals surface area (Å²) in [5, 5.41) is 0. The van der Waals surface area contributed by atoms with E-state index in [0.717, 1.165) is 39.1 Å². The van der Waals surface area contributed by atoms with Crippen LogP contribution in [0.25, 0.3) is 0 Å². The first-order valence-corrected chi connectivity index (χ1v) is 7.09. The van der Waals surface area contributed by atoms with Crippen LogP contribution in [0.5, 0.6) is 0 Å². The van der Waals surface area contributed by atoms with Crippen molar-refractivity contribution in [1.29, 1.82) is 0 Å². The molecule has 0 rings (SSSR count). The molecular weight excluding hydrogens is 210 g/mol. The maximum absolute atomic E-state index is 4.24. The average Bonchev–Trinajstić information content (AvgIpc) is 2.38. The van der Waals surface area contributed by atoms with Gasteiger partial charge in [0, 0.05) is 0 Å². The molecule has 0 saturated heterocycles. The zero-order chi connectivity index (χ0) is 13.5. The van der Waals surface area contributed by atoms with E-state index in [1.54, 1.807) is 0 Å². The van der Waals surface area contributed by atoms with E-state index in [9.17, 15) is 0 Å². The van der Waals surface area contributed by atoms with E-state index in [-0.39, 0.29) is 5.79 Å². The molecule has 0 aromatic carbocycles. The number of hydrogen-bond acceptors (Lipinski definition) is 3. The lowest BCUT2D eigenvalue weighted by Gasteiger charge is -2.54. The molecule has 17 heavy (non-hydrogen) atoms. The van der Waals surface area contributed by atoms with Crippen LogP contribution in [0.3, 0.4) is 0 Å². The summed E-state index contributed by atoms with van der Waals surface area (Å²) in [5.74, 6) is -0.0260. The molecule has 0 saturated carbocycles. The van der Waals surface area contributed by atoms with Crippen LogP contribution in [0.2, 0.25) is 0 Å². The molecule has 0 amide bonds. The fraction of sp³-hybridized carbons (Fsp3) is 0.929. The van der Waals surface area contributed by atoms with Crippen molar-refractivity contribution in [3.05, 3.63) is 6.92 Å². The molecule has 0 heterocycles. The van der Waals surface area contributed by atoms with Gasteiger partial charge in [0.2, 0.25) is 0 Å². The fourth-order valence-corrected chi connectivity index (χ4v) is 2.90. The third-order valence-electron chi connectivity index (χ3n) is 3.96. The fourth-order valence-electron chi connectivity index (χ4n) is 2.90. The van der Waals surface area contributed by atoms with Crippen LogP contribution in [-0.4, -0.2) is 60.3 Å². The Balaban J connectivity index is 5.40. The van der Waals surface area contributed by atoms with E-state index in [1.807, 2.05) is 0 Å². The highest BCUT2D eigenvalue weighted by Crippen LogP contribution is 2.27. The minimum Gasteiger partial charge on any atom is -0.276 e. The molecule has 0 aromatic rings. The second kappa shape index (κ2) is 8.06.